The molecule has 0 saturated carbocycles. The molecule has 1 aromatic heterocycles. The first-order valence-electron chi connectivity index (χ1n) is 10.7. The molecule has 1 aliphatic rings. The second kappa shape index (κ2) is 10.3. The number of piperazine rings is 1. The van der Waals surface area contributed by atoms with Crippen LogP contribution in [-0.2, 0) is 4.79 Å². The first-order chi connectivity index (χ1) is 15.7. The molecule has 4 rings (SSSR count). The van der Waals surface area contributed by atoms with Gasteiger partial charge in [0, 0.05) is 38.6 Å². The number of carbonyl (C=O) groups excluding carboxylic acids is 1. The summed E-state index contributed by atoms with van der Waals surface area (Å²) in [5, 5.41) is 12.7. The van der Waals surface area contributed by atoms with Crippen molar-refractivity contribution in [2.75, 3.05) is 31.1 Å². The topological polar surface area (TPSA) is 72.3 Å². The van der Waals surface area contributed by atoms with Gasteiger partial charge in [-0.05, 0) is 23.3 Å². The Morgan fingerprint density at radius 3 is 2.03 bits per heavy atom. The summed E-state index contributed by atoms with van der Waals surface area (Å²) in [5.74, 6) is 0.570. The highest BCUT2D eigenvalue weighted by Crippen LogP contribution is 2.22. The number of anilines is 1. The first kappa shape index (κ1) is 21.1. The van der Waals surface area contributed by atoms with Crippen LogP contribution in [0.25, 0.3) is 0 Å². The largest absolute Gasteiger partial charge is 0.373 e. The van der Waals surface area contributed by atoms with E-state index in [1.54, 1.807) is 12.4 Å². The fraction of sp³-hybridized carbons (Fsp3) is 0.192. The van der Waals surface area contributed by atoms with E-state index in [1.807, 2.05) is 83.8 Å². The highest BCUT2D eigenvalue weighted by Gasteiger charge is 2.21. The molecule has 2 heterocycles. The van der Waals surface area contributed by atoms with Crippen LogP contribution in [0, 0.1) is 11.3 Å². The van der Waals surface area contributed by atoms with Crippen molar-refractivity contribution in [1.82, 2.24) is 15.2 Å². The molecule has 1 fully saturated rings. The number of nitriles is 1. The number of amides is 1. The van der Waals surface area contributed by atoms with Crippen molar-refractivity contribution in [1.29, 1.82) is 5.26 Å². The van der Waals surface area contributed by atoms with Crippen LogP contribution in [0.5, 0.6) is 0 Å². The van der Waals surface area contributed by atoms with Crippen LogP contribution < -0.4 is 10.2 Å². The number of hydrogen-bond donors (Lipinski definition) is 1. The summed E-state index contributed by atoms with van der Waals surface area (Å²) in [7, 11) is 0. The van der Waals surface area contributed by atoms with E-state index in [0.29, 0.717) is 0 Å². The molecule has 0 bridgehead atoms. The Bertz CT molecular complexity index is 1050. The van der Waals surface area contributed by atoms with Gasteiger partial charge in [0.15, 0.2) is 0 Å². The quantitative estimate of drug-likeness (QED) is 0.485. The highest BCUT2D eigenvalue weighted by atomic mass is 16.1. The van der Waals surface area contributed by atoms with Crippen molar-refractivity contribution < 1.29 is 4.79 Å². The van der Waals surface area contributed by atoms with Crippen molar-refractivity contribution in [3.63, 3.8) is 0 Å². The summed E-state index contributed by atoms with van der Waals surface area (Å²) in [6.07, 6.45) is 3.47. The van der Waals surface area contributed by atoms with Crippen molar-refractivity contribution >= 4 is 11.7 Å². The maximum Gasteiger partial charge on any atom is 0.264 e. The predicted octanol–water partition coefficient (Wildman–Crippen LogP) is 3.52. The Hall–Kier alpha value is -4.11. The number of hydrogen-bond acceptors (Lipinski definition) is 5. The van der Waals surface area contributed by atoms with E-state index in [-0.39, 0.29) is 17.5 Å². The minimum absolute atomic E-state index is 0.105. The third kappa shape index (κ3) is 5.13. The lowest BCUT2D eigenvalue weighted by atomic mass is 9.98. The Morgan fingerprint density at radius 1 is 0.906 bits per heavy atom. The Labute approximate surface area is 188 Å². The fourth-order valence-corrected chi connectivity index (χ4v) is 3.80. The highest BCUT2D eigenvalue weighted by molar-refractivity contribution is 5.97. The second-order valence-corrected chi connectivity index (χ2v) is 7.59. The molecular weight excluding hydrogens is 398 g/mol. The van der Waals surface area contributed by atoms with Gasteiger partial charge in [-0.15, -0.1) is 0 Å². The van der Waals surface area contributed by atoms with Gasteiger partial charge in [0.05, 0.1) is 6.04 Å². The molecule has 0 aliphatic carbocycles. The average molecular weight is 424 g/mol. The SMILES string of the molecule is N#C/C(=C/N1CCN(c2ccccn2)CC1)C(=O)NC(c1ccccc1)c1ccccc1. The Balaban J connectivity index is 1.46. The molecule has 1 aliphatic heterocycles. The molecule has 0 unspecified atom stereocenters. The number of carbonyl (C=O) groups is 1. The van der Waals surface area contributed by atoms with Gasteiger partial charge in [-0.1, -0.05) is 66.7 Å². The number of aromatic nitrogens is 1. The lowest BCUT2D eigenvalue weighted by Crippen LogP contribution is -2.44. The molecule has 1 saturated heterocycles. The summed E-state index contributed by atoms with van der Waals surface area (Å²) in [5.41, 5.74) is 2.04. The van der Waals surface area contributed by atoms with Gasteiger partial charge in [0.2, 0.25) is 0 Å². The van der Waals surface area contributed by atoms with Crippen LogP contribution in [0.2, 0.25) is 0 Å². The van der Waals surface area contributed by atoms with Gasteiger partial charge in [0.25, 0.3) is 5.91 Å². The molecule has 1 amide bonds. The van der Waals surface area contributed by atoms with Crippen LogP contribution in [0.15, 0.2) is 96.8 Å². The van der Waals surface area contributed by atoms with E-state index in [9.17, 15) is 10.1 Å². The van der Waals surface area contributed by atoms with E-state index in [2.05, 4.69) is 21.3 Å². The normalized spacial score (nSPS) is 14.2. The van der Waals surface area contributed by atoms with Gasteiger partial charge in [0.1, 0.15) is 17.5 Å². The minimum Gasteiger partial charge on any atom is -0.373 e. The number of nitrogens with zero attached hydrogens (tertiary/aromatic N) is 4. The zero-order valence-corrected chi connectivity index (χ0v) is 17.8. The number of pyridine rings is 1. The van der Waals surface area contributed by atoms with E-state index < -0.39 is 0 Å². The van der Waals surface area contributed by atoms with Crippen LogP contribution in [-0.4, -0.2) is 42.0 Å². The van der Waals surface area contributed by atoms with Crippen molar-refractivity contribution in [3.8, 4) is 6.07 Å². The number of benzene rings is 2. The minimum atomic E-state index is -0.377. The Kier molecular flexibility index (Phi) is 6.78. The molecule has 0 radical (unpaired) electrons. The van der Waals surface area contributed by atoms with Crippen LogP contribution in [0.3, 0.4) is 0 Å². The van der Waals surface area contributed by atoms with E-state index in [1.165, 1.54) is 0 Å². The fourth-order valence-electron chi connectivity index (χ4n) is 3.80. The molecule has 3 aromatic rings. The maximum atomic E-state index is 13.0. The van der Waals surface area contributed by atoms with E-state index in [0.717, 1.165) is 43.1 Å². The van der Waals surface area contributed by atoms with Gasteiger partial charge < -0.3 is 15.1 Å². The first-order valence-corrected chi connectivity index (χ1v) is 10.7. The van der Waals surface area contributed by atoms with Crippen LogP contribution in [0.4, 0.5) is 5.82 Å². The molecule has 2 aromatic carbocycles. The average Bonchev–Trinajstić information content (AvgIpc) is 2.87. The molecule has 32 heavy (non-hydrogen) atoms. The third-order valence-corrected chi connectivity index (χ3v) is 5.51. The summed E-state index contributed by atoms with van der Waals surface area (Å²) < 4.78 is 0. The van der Waals surface area contributed by atoms with Gasteiger partial charge in [-0.25, -0.2) is 4.98 Å². The molecule has 6 nitrogen and oxygen atoms in total. The Morgan fingerprint density at radius 2 is 1.50 bits per heavy atom. The van der Waals surface area contributed by atoms with Crippen molar-refractivity contribution in [2.45, 2.75) is 6.04 Å². The summed E-state index contributed by atoms with van der Waals surface area (Å²) in [6.45, 7) is 3.00. The van der Waals surface area contributed by atoms with Crippen LogP contribution in [0.1, 0.15) is 17.2 Å². The van der Waals surface area contributed by atoms with Crippen molar-refractivity contribution in [2.24, 2.45) is 0 Å². The smallest absolute Gasteiger partial charge is 0.264 e. The molecule has 160 valence electrons. The third-order valence-electron chi connectivity index (χ3n) is 5.51. The van der Waals surface area contributed by atoms with Crippen molar-refractivity contribution in [3.05, 3.63) is 108 Å². The molecule has 1 N–H and O–H groups in total. The number of nitrogens with one attached hydrogen (secondary N) is 1. The van der Waals surface area contributed by atoms with Gasteiger partial charge in [-0.2, -0.15) is 5.26 Å². The van der Waals surface area contributed by atoms with Gasteiger partial charge in [-0.3, -0.25) is 4.79 Å². The summed E-state index contributed by atoms with van der Waals surface area (Å²) in [6, 6.07) is 27.2. The summed E-state index contributed by atoms with van der Waals surface area (Å²) >= 11 is 0. The predicted molar refractivity (Wildman–Crippen MR) is 125 cm³/mol. The molecule has 0 atom stereocenters. The van der Waals surface area contributed by atoms with Crippen LogP contribution >= 0.6 is 0 Å². The lowest BCUT2D eigenvalue weighted by Gasteiger charge is -2.34. The standard InChI is InChI=1S/C26H25N5O/c27-19-23(20-30-15-17-31(18-16-30)24-13-7-8-14-28-24)26(32)29-25(21-9-3-1-4-10-21)22-11-5-2-6-12-22/h1-14,20,25H,15-18H2,(H,29,32)/b23-20-. The number of rotatable bonds is 6. The lowest BCUT2D eigenvalue weighted by molar-refractivity contribution is -0.117. The monoisotopic (exact) mass is 423 g/mol. The molecule has 6 heteroatoms. The molecular formula is C26H25N5O. The van der Waals surface area contributed by atoms with Gasteiger partial charge >= 0.3 is 0 Å². The maximum absolute atomic E-state index is 13.0. The zero-order valence-electron chi connectivity index (χ0n) is 17.8. The van der Waals surface area contributed by atoms with E-state index >= 15 is 0 Å². The summed E-state index contributed by atoms with van der Waals surface area (Å²) in [4.78, 5) is 21.7. The zero-order chi connectivity index (χ0) is 22.2. The van der Waals surface area contributed by atoms with E-state index in [4.69, 9.17) is 0 Å². The second-order valence-electron chi connectivity index (χ2n) is 7.59. The molecule has 0 spiro atoms.